The van der Waals surface area contributed by atoms with E-state index in [0.29, 0.717) is 18.7 Å². The highest BCUT2D eigenvalue weighted by Gasteiger charge is 2.10. The fourth-order valence-electron chi connectivity index (χ4n) is 3.17. The number of primary amides is 1. The smallest absolute Gasteiger partial charge is 0.251 e. The Bertz CT molecular complexity index is 1100. The number of carbonyl (C=O) groups excluding carboxylic acids is 2. The summed E-state index contributed by atoms with van der Waals surface area (Å²) in [5.74, 6) is 0.664. The van der Waals surface area contributed by atoms with Crippen molar-refractivity contribution in [3.05, 3.63) is 77.7 Å². The number of hydrogen-bond acceptors (Lipinski definition) is 4. The molecule has 0 aliphatic rings. The zero-order chi connectivity index (χ0) is 23.6. The van der Waals surface area contributed by atoms with Crippen LogP contribution in [-0.4, -0.2) is 52.8 Å². The number of aliphatic imine (C=N–C) groups is 1. The molecule has 10 heteroatoms. The first-order valence-corrected chi connectivity index (χ1v) is 10.7. The lowest BCUT2D eigenvalue weighted by Gasteiger charge is -2.21. The van der Waals surface area contributed by atoms with Gasteiger partial charge in [0.05, 0.1) is 31.5 Å². The fraction of sp³-hybridized carbons (Fsp3) is 0.250. The molecule has 0 atom stereocenters. The molecule has 0 aliphatic carbocycles. The zero-order valence-corrected chi connectivity index (χ0v) is 21.6. The highest BCUT2D eigenvalue weighted by atomic mass is 127. The number of amides is 2. The molecular formula is C24H30IN7O2. The summed E-state index contributed by atoms with van der Waals surface area (Å²) in [6.45, 7) is 3.57. The molecule has 0 unspecified atom stereocenters. The van der Waals surface area contributed by atoms with Crippen LogP contribution in [0.3, 0.4) is 0 Å². The van der Waals surface area contributed by atoms with Crippen LogP contribution in [0.5, 0.6) is 0 Å². The Labute approximate surface area is 216 Å². The van der Waals surface area contributed by atoms with Crippen molar-refractivity contribution in [2.24, 2.45) is 10.7 Å². The van der Waals surface area contributed by atoms with Crippen molar-refractivity contribution in [2.75, 3.05) is 20.1 Å². The van der Waals surface area contributed by atoms with E-state index in [1.807, 2.05) is 67.5 Å². The number of nitrogens with one attached hydrogen (secondary N) is 3. The zero-order valence-electron chi connectivity index (χ0n) is 19.2. The van der Waals surface area contributed by atoms with Crippen LogP contribution in [0.25, 0.3) is 11.3 Å². The first-order valence-electron chi connectivity index (χ1n) is 10.7. The van der Waals surface area contributed by atoms with Gasteiger partial charge in [-0.15, -0.1) is 24.0 Å². The van der Waals surface area contributed by atoms with Crippen LogP contribution in [-0.2, 0) is 17.9 Å². The summed E-state index contributed by atoms with van der Waals surface area (Å²) in [6.07, 6.45) is 1.84. The molecule has 2 amide bonds. The highest BCUT2D eigenvalue weighted by Crippen LogP contribution is 2.16. The third kappa shape index (κ3) is 7.87. The van der Waals surface area contributed by atoms with Gasteiger partial charge >= 0.3 is 0 Å². The Morgan fingerprint density at radius 2 is 1.79 bits per heavy atom. The van der Waals surface area contributed by atoms with Crippen molar-refractivity contribution < 1.29 is 9.59 Å². The molecule has 0 bridgehead atoms. The second-order valence-corrected chi connectivity index (χ2v) is 7.48. The standard InChI is InChI=1S/C24H29N7O2.HI/c1-3-26-24(29-13-17-9-11-19(12-10-17)23(33)28-15-21(25)32)31(2)16-22-27-14-20(30-22)18-7-5-4-6-8-18;/h4-12,14H,3,13,15-16H2,1-2H3,(H2,25,32)(H,26,29)(H,27,30)(H,28,33);1H. The Balaban J connectivity index is 0.00000408. The van der Waals surface area contributed by atoms with Gasteiger partial charge in [-0.1, -0.05) is 42.5 Å². The highest BCUT2D eigenvalue weighted by molar-refractivity contribution is 14.0. The van der Waals surface area contributed by atoms with Crippen molar-refractivity contribution >= 4 is 41.8 Å². The lowest BCUT2D eigenvalue weighted by Crippen LogP contribution is -2.38. The first-order chi connectivity index (χ1) is 16.0. The van der Waals surface area contributed by atoms with Crippen molar-refractivity contribution in [2.45, 2.75) is 20.0 Å². The number of H-pyrrole nitrogens is 1. The van der Waals surface area contributed by atoms with Crippen molar-refractivity contribution in [1.29, 1.82) is 0 Å². The number of nitrogens with zero attached hydrogens (tertiary/aromatic N) is 3. The Hall–Kier alpha value is -3.41. The molecule has 2 aromatic carbocycles. The number of rotatable bonds is 9. The van der Waals surface area contributed by atoms with E-state index in [1.54, 1.807) is 12.1 Å². The number of carbonyl (C=O) groups is 2. The summed E-state index contributed by atoms with van der Waals surface area (Å²) in [5, 5.41) is 5.76. The average molecular weight is 575 g/mol. The van der Waals surface area contributed by atoms with Gasteiger partial charge in [0.2, 0.25) is 5.91 Å². The summed E-state index contributed by atoms with van der Waals surface area (Å²) in [4.78, 5) is 37.4. The topological polar surface area (TPSA) is 128 Å². The van der Waals surface area contributed by atoms with Crippen molar-refractivity contribution in [3.63, 3.8) is 0 Å². The van der Waals surface area contributed by atoms with Gasteiger partial charge < -0.3 is 26.3 Å². The van der Waals surface area contributed by atoms with Crippen LogP contribution >= 0.6 is 24.0 Å². The minimum atomic E-state index is -0.583. The third-order valence-electron chi connectivity index (χ3n) is 4.85. The van der Waals surface area contributed by atoms with Crippen LogP contribution in [0.15, 0.2) is 65.8 Å². The van der Waals surface area contributed by atoms with Gasteiger partial charge in [0.15, 0.2) is 5.96 Å². The Morgan fingerprint density at radius 1 is 1.09 bits per heavy atom. The number of guanidine groups is 1. The number of halogens is 1. The molecular weight excluding hydrogens is 545 g/mol. The van der Waals surface area contributed by atoms with Crippen molar-refractivity contribution in [3.8, 4) is 11.3 Å². The number of hydrogen-bond donors (Lipinski definition) is 4. The molecule has 1 aromatic heterocycles. The molecule has 3 rings (SSSR count). The summed E-state index contributed by atoms with van der Waals surface area (Å²) >= 11 is 0. The van der Waals surface area contributed by atoms with E-state index in [2.05, 4.69) is 20.6 Å². The average Bonchev–Trinajstić information content (AvgIpc) is 3.29. The minimum absolute atomic E-state index is 0. The molecule has 9 nitrogen and oxygen atoms in total. The maximum Gasteiger partial charge on any atom is 0.251 e. The molecule has 0 aliphatic heterocycles. The number of aromatic amines is 1. The molecule has 0 saturated carbocycles. The normalized spacial score (nSPS) is 10.8. The number of nitrogens with two attached hydrogens (primary N) is 1. The number of imidazole rings is 1. The maximum absolute atomic E-state index is 12.0. The van der Waals surface area contributed by atoms with E-state index in [-0.39, 0.29) is 36.4 Å². The van der Waals surface area contributed by atoms with Gasteiger partial charge in [-0.3, -0.25) is 9.59 Å². The summed E-state index contributed by atoms with van der Waals surface area (Å²) in [7, 11) is 1.96. The minimum Gasteiger partial charge on any atom is -0.368 e. The molecule has 0 radical (unpaired) electrons. The SMILES string of the molecule is CCNC(=NCc1ccc(C(=O)NCC(N)=O)cc1)N(C)Cc1ncc(-c2ccccc2)[nH]1.I. The van der Waals surface area contributed by atoms with E-state index < -0.39 is 5.91 Å². The molecule has 0 spiro atoms. The lowest BCUT2D eigenvalue weighted by atomic mass is 10.1. The monoisotopic (exact) mass is 575 g/mol. The quantitative estimate of drug-likeness (QED) is 0.177. The molecule has 34 heavy (non-hydrogen) atoms. The largest absolute Gasteiger partial charge is 0.368 e. The molecule has 1 heterocycles. The first kappa shape index (κ1) is 26.8. The Morgan fingerprint density at radius 3 is 2.44 bits per heavy atom. The summed E-state index contributed by atoms with van der Waals surface area (Å²) in [5.41, 5.74) is 8.53. The number of aromatic nitrogens is 2. The van der Waals surface area contributed by atoms with Gasteiger partial charge in [0, 0.05) is 19.2 Å². The van der Waals surface area contributed by atoms with Crippen LogP contribution in [0.4, 0.5) is 0 Å². The molecule has 3 aromatic rings. The van der Waals surface area contributed by atoms with Crippen molar-refractivity contribution in [1.82, 2.24) is 25.5 Å². The van der Waals surface area contributed by atoms with Crippen LogP contribution < -0.4 is 16.4 Å². The van der Waals surface area contributed by atoms with Gasteiger partial charge in [-0.05, 0) is 30.2 Å². The predicted octanol–water partition coefficient (Wildman–Crippen LogP) is 2.51. The van der Waals surface area contributed by atoms with Crippen LogP contribution in [0.2, 0.25) is 0 Å². The van der Waals surface area contributed by atoms with E-state index in [1.165, 1.54) is 0 Å². The van der Waals surface area contributed by atoms with E-state index >= 15 is 0 Å². The molecule has 180 valence electrons. The molecule has 0 saturated heterocycles. The molecule has 5 N–H and O–H groups in total. The van der Waals surface area contributed by atoms with Gasteiger partial charge in [-0.2, -0.15) is 0 Å². The third-order valence-corrected chi connectivity index (χ3v) is 4.85. The second-order valence-electron chi connectivity index (χ2n) is 7.48. The van der Waals surface area contributed by atoms with E-state index in [4.69, 9.17) is 10.7 Å². The van der Waals surface area contributed by atoms with Crippen LogP contribution in [0.1, 0.15) is 28.7 Å². The van der Waals surface area contributed by atoms with E-state index in [9.17, 15) is 9.59 Å². The summed E-state index contributed by atoms with van der Waals surface area (Å²) < 4.78 is 0. The van der Waals surface area contributed by atoms with Crippen LogP contribution in [0, 0.1) is 0 Å². The Kier molecular flexibility index (Phi) is 10.5. The lowest BCUT2D eigenvalue weighted by molar-refractivity contribution is -0.117. The van der Waals surface area contributed by atoms with Gasteiger partial charge in [0.1, 0.15) is 5.82 Å². The second kappa shape index (κ2) is 13.3. The van der Waals surface area contributed by atoms with Gasteiger partial charge in [-0.25, -0.2) is 9.98 Å². The number of benzene rings is 2. The fourth-order valence-corrected chi connectivity index (χ4v) is 3.17. The predicted molar refractivity (Wildman–Crippen MR) is 144 cm³/mol. The molecule has 0 fully saturated rings. The van der Waals surface area contributed by atoms with Gasteiger partial charge in [0.25, 0.3) is 5.91 Å². The summed E-state index contributed by atoms with van der Waals surface area (Å²) in [6, 6.07) is 17.1. The maximum atomic E-state index is 12.0. The van der Waals surface area contributed by atoms with E-state index in [0.717, 1.165) is 35.1 Å².